The zero-order valence-corrected chi connectivity index (χ0v) is 10.3. The highest BCUT2D eigenvalue weighted by atomic mass is 16.5. The predicted molar refractivity (Wildman–Crippen MR) is 71.1 cm³/mol. The lowest BCUT2D eigenvalue weighted by Gasteiger charge is -2.04. The van der Waals surface area contributed by atoms with E-state index in [0.29, 0.717) is 6.54 Å². The Balaban J connectivity index is 1.67. The van der Waals surface area contributed by atoms with Crippen molar-refractivity contribution in [1.82, 2.24) is 20.7 Å². The number of nitrogens with zero attached hydrogens (tertiary/aromatic N) is 2. The lowest BCUT2D eigenvalue weighted by molar-refractivity contribution is 0.373. The van der Waals surface area contributed by atoms with Crippen molar-refractivity contribution in [2.75, 3.05) is 0 Å². The van der Waals surface area contributed by atoms with Gasteiger partial charge in [-0.2, -0.15) is 5.10 Å². The van der Waals surface area contributed by atoms with Crippen LogP contribution in [0.3, 0.4) is 0 Å². The molecule has 0 atom stereocenters. The number of rotatable bonds is 5. The van der Waals surface area contributed by atoms with Crippen LogP contribution in [0.4, 0.5) is 0 Å². The van der Waals surface area contributed by atoms with Crippen molar-refractivity contribution in [3.63, 3.8) is 0 Å². The molecule has 5 nitrogen and oxygen atoms in total. The van der Waals surface area contributed by atoms with E-state index >= 15 is 0 Å². The van der Waals surface area contributed by atoms with Gasteiger partial charge in [-0.3, -0.25) is 5.10 Å². The van der Waals surface area contributed by atoms with Crippen LogP contribution in [-0.4, -0.2) is 15.4 Å². The second-order valence-corrected chi connectivity index (χ2v) is 4.22. The van der Waals surface area contributed by atoms with Crippen LogP contribution in [0.15, 0.2) is 53.3 Å². The normalized spacial score (nSPS) is 10.7. The summed E-state index contributed by atoms with van der Waals surface area (Å²) < 4.78 is 5.03. The Bertz CT molecular complexity index is 616. The Labute approximate surface area is 110 Å². The van der Waals surface area contributed by atoms with E-state index in [1.54, 1.807) is 6.20 Å². The summed E-state index contributed by atoms with van der Waals surface area (Å²) in [5.41, 5.74) is 3.31. The Morgan fingerprint density at radius 2 is 2.00 bits per heavy atom. The van der Waals surface area contributed by atoms with E-state index in [4.69, 9.17) is 4.52 Å². The topological polar surface area (TPSA) is 66.7 Å². The SMILES string of the molecule is c1ccc(-c2[nH]ncc2CNCc2ccno2)cc1. The molecule has 3 rings (SSSR count). The summed E-state index contributed by atoms with van der Waals surface area (Å²) in [4.78, 5) is 0. The standard InChI is InChI=1S/C14H14N4O/c1-2-4-11(5-3-1)14-12(9-16-18-14)8-15-10-13-6-7-17-19-13/h1-7,9,15H,8,10H2,(H,16,18). The average molecular weight is 254 g/mol. The number of benzene rings is 1. The van der Waals surface area contributed by atoms with Crippen LogP contribution in [-0.2, 0) is 13.1 Å². The lowest BCUT2D eigenvalue weighted by atomic mass is 10.1. The number of hydrogen-bond acceptors (Lipinski definition) is 4. The molecule has 0 bridgehead atoms. The molecule has 0 saturated heterocycles. The molecular formula is C14H14N4O. The molecule has 19 heavy (non-hydrogen) atoms. The van der Waals surface area contributed by atoms with Crippen molar-refractivity contribution in [2.45, 2.75) is 13.1 Å². The van der Waals surface area contributed by atoms with Gasteiger partial charge >= 0.3 is 0 Å². The third-order valence-corrected chi connectivity index (χ3v) is 2.89. The minimum Gasteiger partial charge on any atom is -0.360 e. The highest BCUT2D eigenvalue weighted by Gasteiger charge is 2.07. The van der Waals surface area contributed by atoms with E-state index in [0.717, 1.165) is 29.1 Å². The van der Waals surface area contributed by atoms with Crippen LogP contribution in [0.25, 0.3) is 11.3 Å². The maximum absolute atomic E-state index is 5.03. The molecule has 0 fully saturated rings. The fraction of sp³-hybridized carbons (Fsp3) is 0.143. The van der Waals surface area contributed by atoms with Gasteiger partial charge in [0.15, 0.2) is 0 Å². The molecule has 2 aromatic heterocycles. The molecule has 0 saturated carbocycles. The Morgan fingerprint density at radius 1 is 1.11 bits per heavy atom. The lowest BCUT2D eigenvalue weighted by Crippen LogP contribution is -2.12. The summed E-state index contributed by atoms with van der Waals surface area (Å²) in [7, 11) is 0. The molecule has 1 aromatic carbocycles. The number of aromatic nitrogens is 3. The van der Waals surface area contributed by atoms with Gasteiger partial charge in [0.05, 0.1) is 24.6 Å². The van der Waals surface area contributed by atoms with Gasteiger partial charge in [-0.05, 0) is 5.56 Å². The highest BCUT2D eigenvalue weighted by Crippen LogP contribution is 2.20. The molecule has 0 aliphatic heterocycles. The maximum Gasteiger partial charge on any atom is 0.150 e. The van der Waals surface area contributed by atoms with E-state index in [9.17, 15) is 0 Å². The molecule has 0 amide bonds. The molecule has 3 aromatic rings. The molecular weight excluding hydrogens is 240 g/mol. The van der Waals surface area contributed by atoms with Gasteiger partial charge in [0.1, 0.15) is 5.76 Å². The van der Waals surface area contributed by atoms with Crippen molar-refractivity contribution in [3.8, 4) is 11.3 Å². The fourth-order valence-corrected chi connectivity index (χ4v) is 1.95. The van der Waals surface area contributed by atoms with E-state index in [-0.39, 0.29) is 0 Å². The Hall–Kier alpha value is -2.40. The molecule has 2 N–H and O–H groups in total. The minimum absolute atomic E-state index is 0.652. The second kappa shape index (κ2) is 5.49. The first kappa shape index (κ1) is 11.7. The van der Waals surface area contributed by atoms with Crippen molar-refractivity contribution in [3.05, 3.63) is 60.1 Å². The molecule has 0 aliphatic carbocycles. The summed E-state index contributed by atoms with van der Waals surface area (Å²) in [5, 5.41) is 14.1. The maximum atomic E-state index is 5.03. The third kappa shape index (κ3) is 2.71. The van der Waals surface area contributed by atoms with E-state index in [1.807, 2.05) is 30.5 Å². The van der Waals surface area contributed by atoms with Crippen molar-refractivity contribution >= 4 is 0 Å². The molecule has 0 spiro atoms. The first-order chi connectivity index (χ1) is 9.43. The zero-order valence-electron chi connectivity index (χ0n) is 10.3. The number of aromatic amines is 1. The van der Waals surface area contributed by atoms with Gasteiger partial charge in [0, 0.05) is 18.2 Å². The average Bonchev–Trinajstić information content (AvgIpc) is 3.11. The van der Waals surface area contributed by atoms with Gasteiger partial charge in [-0.1, -0.05) is 35.5 Å². The van der Waals surface area contributed by atoms with Crippen LogP contribution in [0.1, 0.15) is 11.3 Å². The molecule has 0 radical (unpaired) electrons. The van der Waals surface area contributed by atoms with Gasteiger partial charge < -0.3 is 9.84 Å². The first-order valence-corrected chi connectivity index (χ1v) is 6.11. The fourth-order valence-electron chi connectivity index (χ4n) is 1.95. The third-order valence-electron chi connectivity index (χ3n) is 2.89. The summed E-state index contributed by atoms with van der Waals surface area (Å²) in [6.07, 6.45) is 3.49. The molecule has 2 heterocycles. The van der Waals surface area contributed by atoms with E-state index in [2.05, 4.69) is 32.8 Å². The zero-order chi connectivity index (χ0) is 12.9. The smallest absolute Gasteiger partial charge is 0.150 e. The summed E-state index contributed by atoms with van der Waals surface area (Å²) in [5.74, 6) is 0.824. The van der Waals surface area contributed by atoms with Crippen molar-refractivity contribution in [2.24, 2.45) is 0 Å². The predicted octanol–water partition coefficient (Wildman–Crippen LogP) is 2.35. The van der Waals surface area contributed by atoms with Crippen molar-refractivity contribution in [1.29, 1.82) is 0 Å². The van der Waals surface area contributed by atoms with Gasteiger partial charge in [-0.15, -0.1) is 0 Å². The number of H-pyrrole nitrogens is 1. The van der Waals surface area contributed by atoms with Crippen LogP contribution in [0, 0.1) is 0 Å². The highest BCUT2D eigenvalue weighted by molar-refractivity contribution is 5.62. The van der Waals surface area contributed by atoms with Gasteiger partial charge in [-0.25, -0.2) is 0 Å². The molecule has 96 valence electrons. The van der Waals surface area contributed by atoms with Crippen molar-refractivity contribution < 1.29 is 4.52 Å². The quantitative estimate of drug-likeness (QED) is 0.733. The second-order valence-electron chi connectivity index (χ2n) is 4.22. The van der Waals surface area contributed by atoms with Crippen LogP contribution >= 0.6 is 0 Å². The number of nitrogens with one attached hydrogen (secondary N) is 2. The summed E-state index contributed by atoms with van der Waals surface area (Å²) in [6.45, 7) is 1.38. The Morgan fingerprint density at radius 3 is 2.79 bits per heavy atom. The monoisotopic (exact) mass is 254 g/mol. The van der Waals surface area contributed by atoms with Gasteiger partial charge in [0.25, 0.3) is 0 Å². The van der Waals surface area contributed by atoms with E-state index < -0.39 is 0 Å². The first-order valence-electron chi connectivity index (χ1n) is 6.11. The van der Waals surface area contributed by atoms with Crippen LogP contribution in [0.2, 0.25) is 0 Å². The number of hydrogen-bond donors (Lipinski definition) is 2. The molecule has 0 unspecified atom stereocenters. The van der Waals surface area contributed by atoms with E-state index in [1.165, 1.54) is 0 Å². The minimum atomic E-state index is 0.652. The molecule has 0 aliphatic rings. The Kier molecular flexibility index (Phi) is 3.38. The summed E-state index contributed by atoms with van der Waals surface area (Å²) in [6, 6.07) is 12.0. The van der Waals surface area contributed by atoms with Crippen LogP contribution in [0.5, 0.6) is 0 Å². The van der Waals surface area contributed by atoms with Gasteiger partial charge in [0.2, 0.25) is 0 Å². The molecule has 5 heteroatoms. The summed E-state index contributed by atoms with van der Waals surface area (Å²) >= 11 is 0. The largest absolute Gasteiger partial charge is 0.360 e. The van der Waals surface area contributed by atoms with Crippen LogP contribution < -0.4 is 5.32 Å².